The van der Waals surface area contributed by atoms with Crippen molar-refractivity contribution >= 4 is 33.2 Å². The summed E-state index contributed by atoms with van der Waals surface area (Å²) in [6.07, 6.45) is 0.653. The zero-order chi connectivity index (χ0) is 21.7. The van der Waals surface area contributed by atoms with Crippen LogP contribution in [0.4, 0.5) is 0 Å². The van der Waals surface area contributed by atoms with Crippen LogP contribution in [0.1, 0.15) is 33.1 Å². The van der Waals surface area contributed by atoms with Crippen LogP contribution in [-0.4, -0.2) is 27.1 Å². The predicted octanol–water partition coefficient (Wildman–Crippen LogP) is 5.40. The topological polar surface area (TPSA) is 94.8 Å². The number of fused-ring (bicyclic) bond motifs is 1. The molecule has 2 atom stereocenters. The van der Waals surface area contributed by atoms with Crippen molar-refractivity contribution in [3.8, 4) is 22.6 Å². The summed E-state index contributed by atoms with van der Waals surface area (Å²) in [4.78, 5) is 25.0. The number of ketones is 1. The standard InChI is InChI=1S/C25H18O5S/c26-16-7-5-15(6-8-16)23(28)24-22(18-10-9-17(27)11-21(18)31-24)14-3-1-13(2-4-14)19-12-20(19)25(29)30/h1-11,19-20,26-27H,12H2,(H,29,30). The van der Waals surface area contributed by atoms with Crippen LogP contribution in [0.2, 0.25) is 0 Å². The second-order valence-electron chi connectivity index (χ2n) is 7.77. The normalized spacial score (nSPS) is 17.5. The fourth-order valence-electron chi connectivity index (χ4n) is 4.01. The molecule has 4 aromatic rings. The van der Waals surface area contributed by atoms with Crippen molar-refractivity contribution < 1.29 is 24.9 Å². The smallest absolute Gasteiger partial charge is 0.307 e. The summed E-state index contributed by atoms with van der Waals surface area (Å²) < 4.78 is 0.800. The minimum absolute atomic E-state index is 0.0424. The lowest BCUT2D eigenvalue weighted by Crippen LogP contribution is -2.00. The number of carbonyl (C=O) groups is 2. The predicted molar refractivity (Wildman–Crippen MR) is 119 cm³/mol. The molecule has 1 aliphatic rings. The van der Waals surface area contributed by atoms with Crippen molar-refractivity contribution in [1.82, 2.24) is 0 Å². The van der Waals surface area contributed by atoms with Gasteiger partial charge in [-0.15, -0.1) is 11.3 Å². The van der Waals surface area contributed by atoms with Crippen LogP contribution in [0, 0.1) is 5.92 Å². The summed E-state index contributed by atoms with van der Waals surface area (Å²) in [7, 11) is 0. The number of phenolic OH excluding ortho intramolecular Hbond substituents is 2. The van der Waals surface area contributed by atoms with Crippen LogP contribution in [0.25, 0.3) is 21.2 Å². The number of thiophene rings is 1. The number of rotatable bonds is 5. The second-order valence-corrected chi connectivity index (χ2v) is 8.82. The number of carboxylic acids is 1. The fraction of sp³-hybridized carbons (Fsp3) is 0.120. The Hall–Kier alpha value is -3.64. The molecule has 0 saturated heterocycles. The van der Waals surface area contributed by atoms with E-state index in [9.17, 15) is 24.9 Å². The van der Waals surface area contributed by atoms with Crippen molar-refractivity contribution in [1.29, 1.82) is 0 Å². The van der Waals surface area contributed by atoms with Gasteiger partial charge in [0.2, 0.25) is 5.78 Å². The number of phenols is 2. The maximum Gasteiger partial charge on any atom is 0.307 e. The van der Waals surface area contributed by atoms with Crippen molar-refractivity contribution in [3.05, 3.63) is 82.7 Å². The molecule has 0 radical (unpaired) electrons. The minimum atomic E-state index is -0.764. The molecular formula is C25H18O5S. The third-order valence-electron chi connectivity index (χ3n) is 5.74. The molecular weight excluding hydrogens is 412 g/mol. The summed E-state index contributed by atoms with van der Waals surface area (Å²) in [5, 5.41) is 29.5. The SMILES string of the molecule is O=C(c1ccc(O)cc1)c1sc2cc(O)ccc2c1-c1ccc(C2CC2C(=O)O)cc1. The summed E-state index contributed by atoms with van der Waals surface area (Å²) in [6, 6.07) is 18.9. The molecule has 0 amide bonds. The van der Waals surface area contributed by atoms with E-state index in [0.717, 1.165) is 26.8 Å². The van der Waals surface area contributed by atoms with Gasteiger partial charge in [-0.3, -0.25) is 9.59 Å². The van der Waals surface area contributed by atoms with E-state index in [1.165, 1.54) is 23.5 Å². The minimum Gasteiger partial charge on any atom is -0.508 e. The van der Waals surface area contributed by atoms with Gasteiger partial charge in [-0.2, -0.15) is 0 Å². The van der Waals surface area contributed by atoms with Crippen molar-refractivity contribution in [2.45, 2.75) is 12.3 Å². The highest BCUT2D eigenvalue weighted by molar-refractivity contribution is 7.21. The first-order chi connectivity index (χ1) is 14.9. The Bertz CT molecular complexity index is 1320. The number of hydrogen-bond acceptors (Lipinski definition) is 5. The summed E-state index contributed by atoms with van der Waals surface area (Å²) in [5.41, 5.74) is 3.10. The molecule has 5 nitrogen and oxygen atoms in total. The number of carboxylic acid groups (broad SMARTS) is 1. The molecule has 31 heavy (non-hydrogen) atoms. The molecule has 5 rings (SSSR count). The summed E-state index contributed by atoms with van der Waals surface area (Å²) in [5.74, 6) is -0.975. The van der Waals surface area contributed by atoms with E-state index in [1.54, 1.807) is 30.3 Å². The highest BCUT2D eigenvalue weighted by Gasteiger charge is 2.44. The Labute approximate surface area is 181 Å². The molecule has 0 bridgehead atoms. The number of carbonyl (C=O) groups excluding carboxylic acids is 1. The van der Waals surface area contributed by atoms with Crippen LogP contribution in [0.15, 0.2) is 66.7 Å². The first-order valence-corrected chi connectivity index (χ1v) is 10.7. The molecule has 1 aliphatic carbocycles. The highest BCUT2D eigenvalue weighted by atomic mass is 32.1. The van der Waals surface area contributed by atoms with E-state index in [1.807, 2.05) is 24.3 Å². The number of hydrogen-bond donors (Lipinski definition) is 3. The van der Waals surface area contributed by atoms with Crippen molar-refractivity contribution in [2.24, 2.45) is 5.92 Å². The molecule has 1 fully saturated rings. The van der Waals surface area contributed by atoms with Gasteiger partial charge in [0.15, 0.2) is 0 Å². The highest BCUT2D eigenvalue weighted by Crippen LogP contribution is 2.48. The van der Waals surface area contributed by atoms with Gasteiger partial charge in [-0.05, 0) is 65.9 Å². The molecule has 1 saturated carbocycles. The Morgan fingerprint density at radius 3 is 2.19 bits per heavy atom. The number of benzene rings is 3. The fourth-order valence-corrected chi connectivity index (χ4v) is 5.23. The monoisotopic (exact) mass is 430 g/mol. The largest absolute Gasteiger partial charge is 0.508 e. The molecule has 2 unspecified atom stereocenters. The first-order valence-electron chi connectivity index (χ1n) is 9.85. The Kier molecular flexibility index (Phi) is 4.52. The Morgan fingerprint density at radius 1 is 0.871 bits per heavy atom. The lowest BCUT2D eigenvalue weighted by molar-refractivity contribution is -0.138. The van der Waals surface area contributed by atoms with Crippen molar-refractivity contribution in [3.63, 3.8) is 0 Å². The van der Waals surface area contributed by atoms with E-state index >= 15 is 0 Å². The van der Waals surface area contributed by atoms with Gasteiger partial charge < -0.3 is 15.3 Å². The Balaban J connectivity index is 1.60. The maximum atomic E-state index is 13.3. The second kappa shape index (κ2) is 7.25. The van der Waals surface area contributed by atoms with E-state index in [4.69, 9.17) is 0 Å². The molecule has 1 aromatic heterocycles. The van der Waals surface area contributed by atoms with Gasteiger partial charge in [-0.1, -0.05) is 24.3 Å². The zero-order valence-electron chi connectivity index (χ0n) is 16.3. The first kappa shape index (κ1) is 19.3. The molecule has 3 N–H and O–H groups in total. The summed E-state index contributed by atoms with van der Waals surface area (Å²) >= 11 is 1.32. The lowest BCUT2D eigenvalue weighted by Gasteiger charge is -2.07. The van der Waals surface area contributed by atoms with Crippen molar-refractivity contribution in [2.75, 3.05) is 0 Å². The maximum absolute atomic E-state index is 13.3. The van der Waals surface area contributed by atoms with Gasteiger partial charge >= 0.3 is 5.97 Å². The average Bonchev–Trinajstić information content (AvgIpc) is 3.48. The molecule has 154 valence electrons. The van der Waals surface area contributed by atoms with Gasteiger partial charge in [0.25, 0.3) is 0 Å². The van der Waals surface area contributed by atoms with Gasteiger partial charge in [-0.25, -0.2) is 0 Å². The van der Waals surface area contributed by atoms with Crippen LogP contribution in [0.5, 0.6) is 11.5 Å². The molecule has 0 aliphatic heterocycles. The van der Waals surface area contributed by atoms with Crippen LogP contribution in [0.3, 0.4) is 0 Å². The molecule has 6 heteroatoms. The zero-order valence-corrected chi connectivity index (χ0v) is 17.1. The van der Waals surface area contributed by atoms with Gasteiger partial charge in [0.05, 0.1) is 10.8 Å². The molecule has 3 aromatic carbocycles. The molecule has 1 heterocycles. The van der Waals surface area contributed by atoms with E-state index in [2.05, 4.69) is 0 Å². The van der Waals surface area contributed by atoms with Crippen LogP contribution >= 0.6 is 11.3 Å². The molecule has 0 spiro atoms. The third-order valence-corrected chi connectivity index (χ3v) is 6.90. The quantitative estimate of drug-likeness (QED) is 0.369. The van der Waals surface area contributed by atoms with E-state index in [-0.39, 0.29) is 29.1 Å². The van der Waals surface area contributed by atoms with E-state index < -0.39 is 5.97 Å². The average molecular weight is 430 g/mol. The van der Waals surface area contributed by atoms with Gasteiger partial charge in [0.1, 0.15) is 11.5 Å². The third kappa shape index (κ3) is 3.45. The lowest BCUT2D eigenvalue weighted by atomic mass is 9.96. The number of aliphatic carboxylic acids is 1. The van der Waals surface area contributed by atoms with Crippen LogP contribution in [-0.2, 0) is 4.79 Å². The summed E-state index contributed by atoms with van der Waals surface area (Å²) in [6.45, 7) is 0. The number of aromatic hydroxyl groups is 2. The van der Waals surface area contributed by atoms with Crippen LogP contribution < -0.4 is 0 Å². The van der Waals surface area contributed by atoms with Gasteiger partial charge in [0, 0.05) is 21.2 Å². The Morgan fingerprint density at radius 2 is 1.55 bits per heavy atom. The van der Waals surface area contributed by atoms with E-state index in [0.29, 0.717) is 16.9 Å².